The molecule has 1 nitrogen and oxygen atoms in total. The van der Waals surface area contributed by atoms with Gasteiger partial charge in [-0.1, -0.05) is 0 Å². The molecule has 0 spiro atoms. The van der Waals surface area contributed by atoms with E-state index in [1.165, 1.54) is 0 Å². The summed E-state index contributed by atoms with van der Waals surface area (Å²) < 4.78 is 0.889. The third kappa shape index (κ3) is 1.66. The molecular weight excluding hydrogens is 98.1 g/mol. The van der Waals surface area contributed by atoms with Crippen molar-refractivity contribution in [2.24, 2.45) is 0 Å². The van der Waals surface area contributed by atoms with Crippen LogP contribution >= 0.6 is 0 Å². The average molecular weight is 114 g/mol. The highest BCUT2D eigenvalue weighted by atomic mass is 15.3. The van der Waals surface area contributed by atoms with Crippen LogP contribution in [0, 0.1) is 0 Å². The normalized spacial score (nSPS) is 12.1. The van der Waals surface area contributed by atoms with Crippen molar-refractivity contribution in [2.75, 3.05) is 14.1 Å². The summed E-state index contributed by atoms with van der Waals surface area (Å²) >= 11 is 0. The van der Waals surface area contributed by atoms with Crippen LogP contribution in [0.15, 0.2) is 12.8 Å². The van der Waals surface area contributed by atoms with Gasteiger partial charge in [-0.25, -0.2) is 0 Å². The molecule has 0 heterocycles. The molecule has 0 aliphatic heterocycles. The van der Waals surface area contributed by atoms with Gasteiger partial charge in [-0.15, -0.1) is 0 Å². The van der Waals surface area contributed by atoms with Crippen LogP contribution in [0.1, 0.15) is 13.8 Å². The van der Waals surface area contributed by atoms with Crippen molar-refractivity contribution in [1.82, 2.24) is 0 Å². The first kappa shape index (κ1) is 7.70. The minimum Gasteiger partial charge on any atom is -0.301 e. The largest absolute Gasteiger partial charge is 0.301 e. The third-order valence-corrected chi connectivity index (χ3v) is 1.80. The van der Waals surface area contributed by atoms with E-state index in [1.807, 2.05) is 6.20 Å². The SMILES string of the molecule is C=C[N+](C)(C)C(C)C. The summed E-state index contributed by atoms with van der Waals surface area (Å²) in [6, 6.07) is 0.632. The predicted molar refractivity (Wildman–Crippen MR) is 37.4 cm³/mol. The van der Waals surface area contributed by atoms with Crippen LogP contribution in [-0.2, 0) is 0 Å². The van der Waals surface area contributed by atoms with E-state index in [4.69, 9.17) is 0 Å². The average Bonchev–Trinajstić information content (AvgIpc) is 1.67. The molecule has 8 heavy (non-hydrogen) atoms. The molecule has 0 unspecified atom stereocenters. The lowest BCUT2D eigenvalue weighted by Crippen LogP contribution is -2.39. The zero-order chi connectivity index (χ0) is 6.78. The molecule has 48 valence electrons. The number of hydrogen-bond donors (Lipinski definition) is 0. The summed E-state index contributed by atoms with van der Waals surface area (Å²) in [5.74, 6) is 0. The molecule has 0 rings (SSSR count). The minimum absolute atomic E-state index is 0.632. The standard InChI is InChI=1S/C7H16N/c1-6-8(4,5)7(2)3/h6-7H,1H2,2-5H3/q+1. The molecule has 0 radical (unpaired) electrons. The fourth-order valence-electron chi connectivity index (χ4n) is 0.211. The van der Waals surface area contributed by atoms with E-state index >= 15 is 0 Å². The van der Waals surface area contributed by atoms with E-state index in [9.17, 15) is 0 Å². The Labute approximate surface area is 52.2 Å². The summed E-state index contributed by atoms with van der Waals surface area (Å²) in [6.07, 6.45) is 1.95. The first-order valence-electron chi connectivity index (χ1n) is 2.97. The number of nitrogens with zero attached hydrogens (tertiary/aromatic N) is 1. The monoisotopic (exact) mass is 114 g/mol. The Morgan fingerprint density at radius 2 is 1.75 bits per heavy atom. The van der Waals surface area contributed by atoms with Gasteiger partial charge in [-0.2, -0.15) is 0 Å². The van der Waals surface area contributed by atoms with E-state index in [1.54, 1.807) is 0 Å². The first-order chi connectivity index (χ1) is 3.50. The smallest absolute Gasteiger partial charge is 0.0883 e. The van der Waals surface area contributed by atoms with Crippen molar-refractivity contribution >= 4 is 0 Å². The van der Waals surface area contributed by atoms with Crippen LogP contribution in [0.3, 0.4) is 0 Å². The Bertz CT molecular complexity index is 82.4. The Hall–Kier alpha value is -0.300. The maximum atomic E-state index is 3.73. The van der Waals surface area contributed by atoms with Gasteiger partial charge in [0.25, 0.3) is 0 Å². The molecule has 0 aromatic heterocycles. The lowest BCUT2D eigenvalue weighted by molar-refractivity contribution is -0.860. The van der Waals surface area contributed by atoms with Gasteiger partial charge < -0.3 is 4.48 Å². The Kier molecular flexibility index (Phi) is 2.23. The predicted octanol–water partition coefficient (Wildman–Crippen LogP) is 1.61. The maximum Gasteiger partial charge on any atom is 0.0883 e. The Balaban J connectivity index is 3.90. The van der Waals surface area contributed by atoms with Gasteiger partial charge in [0.2, 0.25) is 0 Å². The maximum absolute atomic E-state index is 3.73. The molecule has 0 bridgehead atoms. The fourth-order valence-corrected chi connectivity index (χ4v) is 0.211. The second kappa shape index (κ2) is 2.31. The molecule has 0 fully saturated rings. The summed E-state index contributed by atoms with van der Waals surface area (Å²) in [5, 5.41) is 0. The fraction of sp³-hybridized carbons (Fsp3) is 0.714. The highest BCUT2D eigenvalue weighted by Crippen LogP contribution is 2.03. The van der Waals surface area contributed by atoms with Crippen molar-refractivity contribution in [3.8, 4) is 0 Å². The lowest BCUT2D eigenvalue weighted by Gasteiger charge is -2.28. The summed E-state index contributed by atoms with van der Waals surface area (Å²) in [4.78, 5) is 0. The van der Waals surface area contributed by atoms with Crippen molar-refractivity contribution in [3.05, 3.63) is 12.8 Å². The minimum atomic E-state index is 0.632. The molecule has 0 aliphatic carbocycles. The van der Waals surface area contributed by atoms with Crippen LogP contribution in [0.4, 0.5) is 0 Å². The second-order valence-corrected chi connectivity index (χ2v) is 2.91. The van der Waals surface area contributed by atoms with Crippen LogP contribution in [0.2, 0.25) is 0 Å². The van der Waals surface area contributed by atoms with Gasteiger partial charge in [0.15, 0.2) is 0 Å². The van der Waals surface area contributed by atoms with Gasteiger partial charge >= 0.3 is 0 Å². The van der Waals surface area contributed by atoms with Crippen molar-refractivity contribution in [3.63, 3.8) is 0 Å². The third-order valence-electron chi connectivity index (χ3n) is 1.80. The highest BCUT2D eigenvalue weighted by molar-refractivity contribution is 4.53. The molecule has 0 saturated carbocycles. The van der Waals surface area contributed by atoms with Crippen LogP contribution in [-0.4, -0.2) is 24.6 Å². The van der Waals surface area contributed by atoms with Crippen molar-refractivity contribution in [2.45, 2.75) is 19.9 Å². The lowest BCUT2D eigenvalue weighted by atomic mass is 10.3. The number of rotatable bonds is 2. The molecule has 0 amide bonds. The molecule has 0 aromatic rings. The van der Waals surface area contributed by atoms with Gasteiger partial charge in [0, 0.05) is 0 Å². The molecule has 0 saturated heterocycles. The van der Waals surface area contributed by atoms with Gasteiger partial charge in [0.1, 0.15) is 0 Å². The molecular formula is C7H16N+. The van der Waals surface area contributed by atoms with E-state index < -0.39 is 0 Å². The zero-order valence-electron chi connectivity index (χ0n) is 6.31. The highest BCUT2D eigenvalue weighted by Gasteiger charge is 2.13. The number of hydrogen-bond acceptors (Lipinski definition) is 0. The van der Waals surface area contributed by atoms with Crippen molar-refractivity contribution < 1.29 is 4.48 Å². The topological polar surface area (TPSA) is 0 Å². The zero-order valence-corrected chi connectivity index (χ0v) is 6.31. The van der Waals surface area contributed by atoms with Crippen LogP contribution in [0.25, 0.3) is 0 Å². The van der Waals surface area contributed by atoms with Gasteiger partial charge in [0.05, 0.1) is 26.3 Å². The van der Waals surface area contributed by atoms with E-state index in [0.29, 0.717) is 6.04 Å². The van der Waals surface area contributed by atoms with Gasteiger partial charge in [-0.05, 0) is 20.4 Å². The molecule has 1 heteroatoms. The summed E-state index contributed by atoms with van der Waals surface area (Å²) in [7, 11) is 4.27. The van der Waals surface area contributed by atoms with Crippen LogP contribution in [0.5, 0.6) is 0 Å². The quantitative estimate of drug-likeness (QED) is 0.478. The molecule has 0 aromatic carbocycles. The van der Waals surface area contributed by atoms with E-state index in [-0.39, 0.29) is 0 Å². The second-order valence-electron chi connectivity index (χ2n) is 2.91. The van der Waals surface area contributed by atoms with Gasteiger partial charge in [-0.3, -0.25) is 0 Å². The number of quaternary nitrogens is 1. The molecule has 0 N–H and O–H groups in total. The molecule has 0 aliphatic rings. The van der Waals surface area contributed by atoms with Crippen molar-refractivity contribution in [1.29, 1.82) is 0 Å². The van der Waals surface area contributed by atoms with Crippen LogP contribution < -0.4 is 0 Å². The molecule has 0 atom stereocenters. The summed E-state index contributed by atoms with van der Waals surface area (Å²) in [5.41, 5.74) is 0. The Morgan fingerprint density at radius 3 is 1.75 bits per heavy atom. The van der Waals surface area contributed by atoms with E-state index in [2.05, 4.69) is 34.5 Å². The first-order valence-corrected chi connectivity index (χ1v) is 2.97. The summed E-state index contributed by atoms with van der Waals surface area (Å²) in [6.45, 7) is 8.09. The van der Waals surface area contributed by atoms with E-state index in [0.717, 1.165) is 4.48 Å². The Morgan fingerprint density at radius 1 is 1.38 bits per heavy atom.